The number of esters is 1. The second-order valence-electron chi connectivity index (χ2n) is 6.93. The minimum Gasteiger partial charge on any atom is -0.491 e. The highest BCUT2D eigenvalue weighted by molar-refractivity contribution is 8.00. The van der Waals surface area contributed by atoms with Crippen molar-refractivity contribution in [3.05, 3.63) is 50.1 Å². The number of benzene rings is 1. The molecule has 10 nitrogen and oxygen atoms in total. The van der Waals surface area contributed by atoms with Crippen LogP contribution in [-0.2, 0) is 23.1 Å². The van der Waals surface area contributed by atoms with Crippen LogP contribution in [0.4, 0.5) is 0 Å². The largest absolute Gasteiger partial charge is 0.491 e. The van der Waals surface area contributed by atoms with Crippen LogP contribution in [0.15, 0.2) is 39.0 Å². The fraction of sp³-hybridized carbons (Fsp3) is 0.400. The van der Waals surface area contributed by atoms with Gasteiger partial charge in [0.05, 0.1) is 13.2 Å². The predicted octanol–water partition coefficient (Wildman–Crippen LogP) is 1.56. The van der Waals surface area contributed by atoms with Crippen molar-refractivity contribution in [2.75, 3.05) is 13.2 Å². The molecular weight excluding hydrogens is 460 g/mol. The number of nitrogens with zero attached hydrogens (tertiary/aromatic N) is 3. The van der Waals surface area contributed by atoms with Crippen LogP contribution in [0.25, 0.3) is 11.2 Å². The molecule has 0 spiro atoms. The highest BCUT2D eigenvalue weighted by atomic mass is 35.5. The van der Waals surface area contributed by atoms with Gasteiger partial charge >= 0.3 is 11.7 Å². The highest BCUT2D eigenvalue weighted by Crippen LogP contribution is 2.26. The molecule has 0 saturated heterocycles. The predicted molar refractivity (Wildman–Crippen MR) is 121 cm³/mol. The smallest absolute Gasteiger partial charge is 0.329 e. The first-order valence-electron chi connectivity index (χ1n) is 9.80. The Morgan fingerprint density at radius 3 is 2.66 bits per heavy atom. The number of hydrogen-bond donors (Lipinski definition) is 2. The van der Waals surface area contributed by atoms with Gasteiger partial charge in [-0.3, -0.25) is 19.1 Å². The number of aryl methyl sites for hydroxylation is 1. The molecular formula is C20H23ClN4O6S. The van der Waals surface area contributed by atoms with E-state index in [4.69, 9.17) is 21.1 Å². The second kappa shape index (κ2) is 10.2. The Kier molecular flexibility index (Phi) is 7.64. The van der Waals surface area contributed by atoms with Crippen molar-refractivity contribution >= 4 is 40.5 Å². The lowest BCUT2D eigenvalue weighted by Gasteiger charge is -2.16. The molecule has 12 heteroatoms. The molecule has 0 amide bonds. The number of rotatable bonds is 9. The number of thioether (sulfide) groups is 1. The molecule has 172 valence electrons. The third-order valence-corrected chi connectivity index (χ3v) is 5.84. The normalized spacial score (nSPS) is 13.2. The number of aromatic nitrogens is 4. The molecule has 0 unspecified atom stereocenters. The van der Waals surface area contributed by atoms with Crippen molar-refractivity contribution in [3.8, 4) is 5.75 Å². The van der Waals surface area contributed by atoms with Gasteiger partial charge in [0.25, 0.3) is 5.56 Å². The average molecular weight is 483 g/mol. The van der Waals surface area contributed by atoms with Gasteiger partial charge in [0, 0.05) is 12.1 Å². The zero-order valence-corrected chi connectivity index (χ0v) is 19.3. The zero-order valence-electron chi connectivity index (χ0n) is 17.7. The molecule has 3 rings (SSSR count). The van der Waals surface area contributed by atoms with E-state index in [1.807, 2.05) is 0 Å². The molecule has 0 fully saturated rings. The van der Waals surface area contributed by atoms with E-state index in [9.17, 15) is 19.5 Å². The van der Waals surface area contributed by atoms with Crippen LogP contribution in [0.5, 0.6) is 5.75 Å². The number of halogens is 1. The summed E-state index contributed by atoms with van der Waals surface area (Å²) in [6.45, 7) is 3.47. The number of ether oxygens (including phenoxy) is 2. The van der Waals surface area contributed by atoms with E-state index >= 15 is 0 Å². The molecule has 1 aromatic carbocycles. The number of H-pyrrole nitrogens is 1. The van der Waals surface area contributed by atoms with Gasteiger partial charge < -0.3 is 19.1 Å². The fourth-order valence-corrected chi connectivity index (χ4v) is 3.97. The molecule has 0 saturated carbocycles. The Hall–Kier alpha value is -2.76. The summed E-state index contributed by atoms with van der Waals surface area (Å²) in [6.07, 6.45) is -1.02. The number of aliphatic hydroxyl groups excluding tert-OH is 1. The van der Waals surface area contributed by atoms with Gasteiger partial charge in [0.1, 0.15) is 23.7 Å². The van der Waals surface area contributed by atoms with E-state index in [0.29, 0.717) is 10.8 Å². The Labute approximate surface area is 192 Å². The van der Waals surface area contributed by atoms with Crippen LogP contribution in [0, 0.1) is 0 Å². The van der Waals surface area contributed by atoms with E-state index in [-0.39, 0.29) is 36.1 Å². The second-order valence-corrected chi connectivity index (χ2v) is 8.67. The first-order chi connectivity index (χ1) is 15.2. The lowest BCUT2D eigenvalue weighted by molar-refractivity contribution is -0.142. The van der Waals surface area contributed by atoms with Crippen LogP contribution >= 0.6 is 23.4 Å². The Bertz CT molecular complexity index is 1220. The maximum Gasteiger partial charge on any atom is 0.329 e. The van der Waals surface area contributed by atoms with Crippen LogP contribution < -0.4 is 16.0 Å². The van der Waals surface area contributed by atoms with Gasteiger partial charge in [-0.1, -0.05) is 23.4 Å². The monoisotopic (exact) mass is 482 g/mol. The first-order valence-corrected chi connectivity index (χ1v) is 11.1. The summed E-state index contributed by atoms with van der Waals surface area (Å²) in [6, 6.07) is 6.67. The quantitative estimate of drug-likeness (QED) is 0.347. The maximum absolute atomic E-state index is 12.5. The molecule has 0 aliphatic rings. The third-order valence-electron chi connectivity index (χ3n) is 4.52. The van der Waals surface area contributed by atoms with E-state index in [1.54, 1.807) is 38.1 Å². The third kappa shape index (κ3) is 5.34. The first kappa shape index (κ1) is 23.9. The molecule has 2 heterocycles. The molecule has 3 aromatic rings. The number of carbonyl (C=O) groups excluding carboxylic acids is 1. The van der Waals surface area contributed by atoms with Gasteiger partial charge in [0.15, 0.2) is 16.3 Å². The summed E-state index contributed by atoms with van der Waals surface area (Å²) in [5.74, 6) is 0.0836. The van der Waals surface area contributed by atoms with Gasteiger partial charge in [-0.2, -0.15) is 0 Å². The van der Waals surface area contributed by atoms with Crippen molar-refractivity contribution in [1.82, 2.24) is 19.1 Å². The van der Waals surface area contributed by atoms with E-state index < -0.39 is 28.6 Å². The summed E-state index contributed by atoms with van der Waals surface area (Å²) in [5.41, 5.74) is -1.01. The number of aliphatic hydroxyl groups is 1. The standard InChI is InChI=1S/C20H23ClN4O6S/c1-4-30-18(28)11(2)32-20-22-16-15(17(27)23-19(29)24(16)3)25(20)9-13(26)10-31-14-7-5-12(21)6-8-14/h5-8,11,13,26H,4,9-10H2,1-3H3,(H,23,27,29)/t11-,13+/m1/s1. The molecule has 0 radical (unpaired) electrons. The number of nitrogens with one attached hydrogen (secondary N) is 1. The average Bonchev–Trinajstić information content (AvgIpc) is 3.10. The van der Waals surface area contributed by atoms with Crippen molar-refractivity contribution in [3.63, 3.8) is 0 Å². The van der Waals surface area contributed by atoms with Crippen LogP contribution in [0.1, 0.15) is 13.8 Å². The molecule has 2 N–H and O–H groups in total. The Balaban J connectivity index is 1.91. The Morgan fingerprint density at radius 1 is 1.31 bits per heavy atom. The van der Waals surface area contributed by atoms with Gasteiger partial charge in [-0.05, 0) is 38.1 Å². The molecule has 0 aliphatic carbocycles. The number of imidazole rings is 1. The minimum absolute atomic E-state index is 0.0523. The maximum atomic E-state index is 12.5. The van der Waals surface area contributed by atoms with Crippen molar-refractivity contribution in [1.29, 1.82) is 0 Å². The van der Waals surface area contributed by atoms with E-state index in [1.165, 1.54) is 16.2 Å². The number of hydrogen-bond acceptors (Lipinski definition) is 8. The van der Waals surface area contributed by atoms with Crippen molar-refractivity contribution in [2.45, 2.75) is 36.9 Å². The summed E-state index contributed by atoms with van der Waals surface area (Å²) >= 11 is 6.92. The summed E-state index contributed by atoms with van der Waals surface area (Å²) in [5, 5.41) is 10.8. The van der Waals surface area contributed by atoms with Crippen LogP contribution in [0.3, 0.4) is 0 Å². The topological polar surface area (TPSA) is 128 Å². The molecule has 2 atom stereocenters. The number of carbonyl (C=O) groups is 1. The van der Waals surface area contributed by atoms with Gasteiger partial charge in [0.2, 0.25) is 0 Å². The highest BCUT2D eigenvalue weighted by Gasteiger charge is 2.24. The summed E-state index contributed by atoms with van der Waals surface area (Å²) in [7, 11) is 1.47. The van der Waals surface area contributed by atoms with Crippen molar-refractivity contribution < 1.29 is 19.4 Å². The van der Waals surface area contributed by atoms with E-state index in [0.717, 1.165) is 11.8 Å². The van der Waals surface area contributed by atoms with Gasteiger partial charge in [-0.15, -0.1) is 0 Å². The van der Waals surface area contributed by atoms with Gasteiger partial charge in [-0.25, -0.2) is 9.78 Å². The molecule has 2 aromatic heterocycles. The molecule has 32 heavy (non-hydrogen) atoms. The van der Waals surface area contributed by atoms with Crippen molar-refractivity contribution in [2.24, 2.45) is 7.05 Å². The zero-order chi connectivity index (χ0) is 23.4. The minimum atomic E-state index is -1.02. The lowest BCUT2D eigenvalue weighted by Crippen LogP contribution is -2.31. The lowest BCUT2D eigenvalue weighted by atomic mass is 10.3. The summed E-state index contributed by atoms with van der Waals surface area (Å²) in [4.78, 5) is 43.2. The number of aromatic amines is 1. The fourth-order valence-electron chi connectivity index (χ4n) is 2.93. The van der Waals surface area contributed by atoms with E-state index in [2.05, 4.69) is 9.97 Å². The summed E-state index contributed by atoms with van der Waals surface area (Å²) < 4.78 is 13.3. The van der Waals surface area contributed by atoms with Crippen LogP contribution in [0.2, 0.25) is 5.02 Å². The number of fused-ring (bicyclic) bond motifs is 1. The SMILES string of the molecule is CCOC(=O)[C@@H](C)Sc1nc2c(c(=O)[nH]c(=O)n2C)n1C[C@H](O)COc1ccc(Cl)cc1. The van der Waals surface area contributed by atoms with Crippen LogP contribution in [-0.4, -0.2) is 54.7 Å². The molecule has 0 bridgehead atoms. The molecule has 0 aliphatic heterocycles. The Morgan fingerprint density at radius 2 is 2.00 bits per heavy atom.